The summed E-state index contributed by atoms with van der Waals surface area (Å²) in [4.78, 5) is 13.8. The largest absolute Gasteiger partial charge is 0.497 e. The monoisotopic (exact) mass is 467 g/mol. The highest BCUT2D eigenvalue weighted by Gasteiger charge is 2.38. The quantitative estimate of drug-likeness (QED) is 0.529. The number of ether oxygens (including phenoxy) is 1. The van der Waals surface area contributed by atoms with Crippen LogP contribution in [0.25, 0.3) is 11.1 Å². The van der Waals surface area contributed by atoms with Gasteiger partial charge in [-0.3, -0.25) is 4.79 Å². The summed E-state index contributed by atoms with van der Waals surface area (Å²) < 4.78 is 34.4. The lowest BCUT2D eigenvalue weighted by molar-refractivity contribution is -0.128. The number of methoxy groups -OCH3 is 1. The van der Waals surface area contributed by atoms with Gasteiger partial charge < -0.3 is 9.64 Å². The molecule has 2 aromatic carbocycles. The van der Waals surface area contributed by atoms with Gasteiger partial charge in [-0.15, -0.1) is 5.10 Å². The van der Waals surface area contributed by atoms with Gasteiger partial charge in [0.15, 0.2) is 0 Å². The molecule has 2 aliphatic rings. The second kappa shape index (κ2) is 8.60. The third-order valence-corrected chi connectivity index (χ3v) is 8.05. The molecule has 0 bridgehead atoms. The Morgan fingerprint density at radius 3 is 2.30 bits per heavy atom. The van der Waals surface area contributed by atoms with Crippen LogP contribution < -0.4 is 4.74 Å². The average Bonchev–Trinajstić information content (AvgIpc) is 3.42. The smallest absolute Gasteiger partial charge is 0.243 e. The lowest BCUT2D eigenvalue weighted by atomic mass is 10.1. The first kappa shape index (κ1) is 21.6. The molecule has 172 valence electrons. The second-order valence-corrected chi connectivity index (χ2v) is 10.3. The highest BCUT2D eigenvalue weighted by Crippen LogP contribution is 2.30. The van der Waals surface area contributed by atoms with Crippen LogP contribution in [-0.4, -0.2) is 65.3 Å². The van der Waals surface area contributed by atoms with Gasteiger partial charge in [0, 0.05) is 26.1 Å². The molecule has 9 nitrogen and oxygen atoms in total. The van der Waals surface area contributed by atoms with Crippen molar-refractivity contribution < 1.29 is 17.9 Å². The summed E-state index contributed by atoms with van der Waals surface area (Å²) in [7, 11) is -1.95. The van der Waals surface area contributed by atoms with Gasteiger partial charge in [-0.2, -0.15) is 4.31 Å². The zero-order valence-corrected chi connectivity index (χ0v) is 19.1. The Morgan fingerprint density at radius 1 is 1.03 bits per heavy atom. The molecule has 0 saturated carbocycles. The number of nitrogens with zero attached hydrogens (tertiary/aromatic N) is 5. The molecule has 1 amide bonds. The van der Waals surface area contributed by atoms with Gasteiger partial charge in [0.2, 0.25) is 15.9 Å². The zero-order valence-electron chi connectivity index (χ0n) is 18.3. The first-order valence-electron chi connectivity index (χ1n) is 10.9. The van der Waals surface area contributed by atoms with Crippen molar-refractivity contribution in [2.45, 2.75) is 30.3 Å². The van der Waals surface area contributed by atoms with Crippen LogP contribution in [0.2, 0.25) is 0 Å². The van der Waals surface area contributed by atoms with E-state index in [0.29, 0.717) is 26.1 Å². The van der Waals surface area contributed by atoms with Crippen LogP contribution in [0.3, 0.4) is 0 Å². The molecule has 5 rings (SSSR count). The van der Waals surface area contributed by atoms with Crippen LogP contribution in [-0.2, 0) is 21.4 Å². The van der Waals surface area contributed by atoms with E-state index in [2.05, 4.69) is 10.3 Å². The Kier molecular flexibility index (Phi) is 5.63. The predicted octanol–water partition coefficient (Wildman–Crippen LogP) is 2.32. The van der Waals surface area contributed by atoms with Crippen molar-refractivity contribution in [1.29, 1.82) is 0 Å². The lowest BCUT2D eigenvalue weighted by Crippen LogP contribution is -2.50. The van der Waals surface area contributed by atoms with Crippen molar-refractivity contribution in [2.75, 3.05) is 26.7 Å². The van der Waals surface area contributed by atoms with Gasteiger partial charge >= 0.3 is 0 Å². The zero-order chi connectivity index (χ0) is 23.0. The number of hydrogen-bond donors (Lipinski definition) is 0. The van der Waals surface area contributed by atoms with Crippen LogP contribution in [0.1, 0.15) is 24.6 Å². The number of carbonyl (C=O) groups excluding carboxylic acids is 1. The van der Waals surface area contributed by atoms with E-state index in [1.807, 2.05) is 42.6 Å². The Labute approximate surface area is 192 Å². The molecular weight excluding hydrogens is 442 g/mol. The van der Waals surface area contributed by atoms with E-state index in [9.17, 15) is 13.2 Å². The number of benzene rings is 2. The fraction of sp³-hybridized carbons (Fsp3) is 0.348. The molecule has 0 spiro atoms. The maximum atomic E-state index is 13.0. The summed E-state index contributed by atoms with van der Waals surface area (Å²) in [6.45, 7) is 1.88. The van der Waals surface area contributed by atoms with E-state index in [1.165, 1.54) is 4.31 Å². The van der Waals surface area contributed by atoms with Crippen molar-refractivity contribution in [3.05, 3.63) is 60.4 Å². The van der Waals surface area contributed by atoms with E-state index in [0.717, 1.165) is 35.5 Å². The van der Waals surface area contributed by atoms with Crippen LogP contribution in [0.4, 0.5) is 0 Å². The molecule has 3 heterocycles. The molecule has 10 heteroatoms. The Bertz CT molecular complexity index is 1250. The lowest BCUT2D eigenvalue weighted by Gasteiger charge is -2.37. The predicted molar refractivity (Wildman–Crippen MR) is 121 cm³/mol. The van der Waals surface area contributed by atoms with E-state index < -0.39 is 10.0 Å². The molecule has 2 saturated heterocycles. The van der Waals surface area contributed by atoms with Crippen LogP contribution >= 0.6 is 0 Å². The third-order valence-electron chi connectivity index (χ3n) is 6.20. The molecule has 2 aliphatic heterocycles. The van der Waals surface area contributed by atoms with Gasteiger partial charge in [-0.25, -0.2) is 13.1 Å². The fourth-order valence-corrected chi connectivity index (χ4v) is 5.68. The molecule has 33 heavy (non-hydrogen) atoms. The van der Waals surface area contributed by atoms with Gasteiger partial charge in [0.1, 0.15) is 11.4 Å². The molecule has 0 N–H and O–H groups in total. The Morgan fingerprint density at radius 2 is 1.70 bits per heavy atom. The van der Waals surface area contributed by atoms with Crippen LogP contribution in [0.15, 0.2) is 59.6 Å². The average molecular weight is 468 g/mol. The molecule has 0 atom stereocenters. The van der Waals surface area contributed by atoms with Gasteiger partial charge in [0.05, 0.1) is 30.8 Å². The van der Waals surface area contributed by atoms with E-state index in [-0.39, 0.29) is 16.8 Å². The number of aromatic nitrogens is 3. The van der Waals surface area contributed by atoms with E-state index >= 15 is 0 Å². The number of hydrogen-bond acceptors (Lipinski definition) is 6. The van der Waals surface area contributed by atoms with Crippen LogP contribution in [0, 0.1) is 0 Å². The Balaban J connectivity index is 1.21. The molecule has 0 unspecified atom stereocenters. The first-order valence-corrected chi connectivity index (χ1v) is 12.3. The number of likely N-dealkylation sites (tertiary alicyclic amines) is 1. The second-order valence-electron chi connectivity index (χ2n) is 8.34. The molecule has 0 aliphatic carbocycles. The summed E-state index contributed by atoms with van der Waals surface area (Å²) in [6, 6.07) is 14.5. The molecule has 3 aromatic rings. The summed E-state index contributed by atoms with van der Waals surface area (Å²) >= 11 is 0. The van der Waals surface area contributed by atoms with E-state index in [4.69, 9.17) is 4.74 Å². The van der Waals surface area contributed by atoms with Crippen molar-refractivity contribution in [3.63, 3.8) is 0 Å². The van der Waals surface area contributed by atoms with Crippen molar-refractivity contribution >= 4 is 15.9 Å². The summed E-state index contributed by atoms with van der Waals surface area (Å²) in [5.74, 6) is 0.915. The van der Waals surface area contributed by atoms with E-state index in [1.54, 1.807) is 28.8 Å². The summed E-state index contributed by atoms with van der Waals surface area (Å²) in [5.41, 5.74) is 2.65. The first-order chi connectivity index (χ1) is 15.9. The standard InChI is InChI=1S/C23H25N5O4S/c1-32-21-8-4-17(5-9-21)18-6-10-22(11-7-18)33(30,31)27-15-20(16-27)28-14-19(24-25-28)13-26-12-2-3-23(26)29/h4-11,14,20H,2-3,12-13,15-16H2,1H3. The SMILES string of the molecule is COc1ccc(-c2ccc(S(=O)(=O)N3CC(n4cc(CN5CCCC5=O)nn4)C3)cc2)cc1. The minimum Gasteiger partial charge on any atom is -0.497 e. The van der Waals surface area contributed by atoms with Crippen LogP contribution in [0.5, 0.6) is 5.75 Å². The number of amides is 1. The van der Waals surface area contributed by atoms with Crippen molar-refractivity contribution in [2.24, 2.45) is 0 Å². The fourth-order valence-electron chi connectivity index (χ4n) is 4.16. The van der Waals surface area contributed by atoms with Crippen molar-refractivity contribution in [1.82, 2.24) is 24.2 Å². The summed E-state index contributed by atoms with van der Waals surface area (Å²) in [6.07, 6.45) is 3.28. The number of rotatable bonds is 7. The Hall–Kier alpha value is -3.24. The molecule has 0 radical (unpaired) electrons. The summed E-state index contributed by atoms with van der Waals surface area (Å²) in [5, 5.41) is 8.31. The minimum atomic E-state index is -3.57. The topological polar surface area (TPSA) is 97.6 Å². The number of carbonyl (C=O) groups is 1. The maximum Gasteiger partial charge on any atom is 0.243 e. The molecular formula is C23H25N5O4S. The highest BCUT2D eigenvalue weighted by atomic mass is 32.2. The van der Waals surface area contributed by atoms with Gasteiger partial charge in [0.25, 0.3) is 0 Å². The third kappa shape index (κ3) is 4.23. The van der Waals surface area contributed by atoms with Gasteiger partial charge in [-0.05, 0) is 41.8 Å². The van der Waals surface area contributed by atoms with Gasteiger partial charge in [-0.1, -0.05) is 29.5 Å². The normalized spacial score (nSPS) is 17.4. The maximum absolute atomic E-state index is 13.0. The number of sulfonamides is 1. The molecule has 2 fully saturated rings. The molecule has 1 aromatic heterocycles. The van der Waals surface area contributed by atoms with Crippen molar-refractivity contribution in [3.8, 4) is 16.9 Å². The minimum absolute atomic E-state index is 0.0612. The highest BCUT2D eigenvalue weighted by molar-refractivity contribution is 7.89.